The molecule has 5 heteroatoms. The van der Waals surface area contributed by atoms with Crippen LogP contribution in [-0.2, 0) is 0 Å². The molecule has 0 saturated carbocycles. The number of imidazole rings is 1. The number of fused-ring (bicyclic) bond motifs is 1. The molecule has 3 aromatic heterocycles. The molecule has 4 aromatic rings. The number of hydrogen-bond donors (Lipinski definition) is 2. The van der Waals surface area contributed by atoms with Gasteiger partial charge in [-0.1, -0.05) is 12.1 Å². The maximum atomic E-state index is 9.62. The average molecular weight is 302 g/mol. The summed E-state index contributed by atoms with van der Waals surface area (Å²) in [4.78, 5) is 16.4. The first-order valence-electron chi connectivity index (χ1n) is 7.27. The third-order valence-corrected chi connectivity index (χ3v) is 3.72. The van der Waals surface area contributed by atoms with Crippen LogP contribution in [0.1, 0.15) is 5.69 Å². The van der Waals surface area contributed by atoms with Gasteiger partial charge in [0.2, 0.25) is 0 Å². The molecule has 0 unspecified atom stereocenters. The Morgan fingerprint density at radius 2 is 1.96 bits per heavy atom. The minimum Gasteiger partial charge on any atom is -0.506 e. The summed E-state index contributed by atoms with van der Waals surface area (Å²) in [5, 5.41) is 10.5. The van der Waals surface area contributed by atoms with Crippen molar-refractivity contribution < 1.29 is 5.11 Å². The molecule has 3 heterocycles. The number of benzene rings is 1. The number of aromatic hydroxyl groups is 1. The lowest BCUT2D eigenvalue weighted by Gasteiger charge is -2.05. The molecule has 0 spiro atoms. The highest BCUT2D eigenvalue weighted by Gasteiger charge is 2.12. The second-order valence-corrected chi connectivity index (χ2v) is 5.39. The third-order valence-electron chi connectivity index (χ3n) is 3.72. The van der Waals surface area contributed by atoms with Gasteiger partial charge in [0.1, 0.15) is 5.75 Å². The van der Waals surface area contributed by atoms with Crippen molar-refractivity contribution >= 4 is 10.9 Å². The second-order valence-electron chi connectivity index (χ2n) is 5.39. The van der Waals surface area contributed by atoms with Crippen LogP contribution in [0.5, 0.6) is 5.75 Å². The highest BCUT2D eigenvalue weighted by molar-refractivity contribution is 5.87. The fourth-order valence-electron chi connectivity index (χ4n) is 2.66. The van der Waals surface area contributed by atoms with E-state index in [9.17, 15) is 5.11 Å². The Bertz CT molecular complexity index is 1010. The lowest BCUT2D eigenvalue weighted by Crippen LogP contribution is -1.89. The van der Waals surface area contributed by atoms with Crippen molar-refractivity contribution in [1.29, 1.82) is 0 Å². The molecule has 4 rings (SSSR count). The van der Waals surface area contributed by atoms with Crippen molar-refractivity contribution in [3.8, 4) is 28.4 Å². The molecule has 23 heavy (non-hydrogen) atoms. The largest absolute Gasteiger partial charge is 0.506 e. The summed E-state index contributed by atoms with van der Waals surface area (Å²) in [7, 11) is 0. The number of aryl methyl sites for hydroxylation is 1. The van der Waals surface area contributed by atoms with Gasteiger partial charge in [0.15, 0.2) is 0 Å². The monoisotopic (exact) mass is 302 g/mol. The molecule has 0 aliphatic heterocycles. The van der Waals surface area contributed by atoms with E-state index in [1.807, 2.05) is 43.3 Å². The van der Waals surface area contributed by atoms with Crippen LogP contribution in [-0.4, -0.2) is 25.0 Å². The van der Waals surface area contributed by atoms with E-state index in [1.165, 1.54) is 6.20 Å². The molecule has 0 aliphatic rings. The molecule has 0 atom stereocenters. The van der Waals surface area contributed by atoms with Gasteiger partial charge in [-0.15, -0.1) is 0 Å². The standard InChI is InChI=1S/C18H14N4O/c1-11-3-2-4-16(22-11)18-17(20-10-21-18)12-5-6-15-13(7-12)8-14(23)9-19-15/h2-10,23H,1H3,(H,20,21). The molecular formula is C18H14N4O. The smallest absolute Gasteiger partial charge is 0.134 e. The zero-order valence-electron chi connectivity index (χ0n) is 12.5. The van der Waals surface area contributed by atoms with E-state index in [-0.39, 0.29) is 5.75 Å². The Kier molecular flexibility index (Phi) is 3.05. The highest BCUT2D eigenvalue weighted by Crippen LogP contribution is 2.30. The van der Waals surface area contributed by atoms with Crippen molar-refractivity contribution in [1.82, 2.24) is 19.9 Å². The maximum absolute atomic E-state index is 9.62. The van der Waals surface area contributed by atoms with Crippen molar-refractivity contribution in [2.45, 2.75) is 6.92 Å². The lowest BCUT2D eigenvalue weighted by molar-refractivity contribution is 0.474. The van der Waals surface area contributed by atoms with Crippen molar-refractivity contribution in [3.63, 3.8) is 0 Å². The van der Waals surface area contributed by atoms with Gasteiger partial charge < -0.3 is 10.1 Å². The third kappa shape index (κ3) is 2.42. The summed E-state index contributed by atoms with van der Waals surface area (Å²) in [5.74, 6) is 0.150. The first-order valence-corrected chi connectivity index (χ1v) is 7.27. The van der Waals surface area contributed by atoms with Gasteiger partial charge in [-0.3, -0.25) is 9.97 Å². The second kappa shape index (κ2) is 5.21. The number of aromatic amines is 1. The number of aromatic nitrogens is 4. The number of rotatable bonds is 2. The van der Waals surface area contributed by atoms with E-state index < -0.39 is 0 Å². The van der Waals surface area contributed by atoms with Crippen molar-refractivity contribution in [2.24, 2.45) is 0 Å². The van der Waals surface area contributed by atoms with Crippen molar-refractivity contribution in [2.75, 3.05) is 0 Å². The van der Waals surface area contributed by atoms with E-state index >= 15 is 0 Å². The molecule has 0 saturated heterocycles. The predicted molar refractivity (Wildman–Crippen MR) is 89.0 cm³/mol. The van der Waals surface area contributed by atoms with Gasteiger partial charge in [-0.05, 0) is 37.3 Å². The van der Waals surface area contributed by atoms with Crippen LogP contribution in [0.25, 0.3) is 33.5 Å². The summed E-state index contributed by atoms with van der Waals surface area (Å²) < 4.78 is 0. The fraction of sp³-hybridized carbons (Fsp3) is 0.0556. The Hall–Kier alpha value is -3.21. The minimum atomic E-state index is 0.150. The molecule has 0 aliphatic carbocycles. The fourth-order valence-corrected chi connectivity index (χ4v) is 2.66. The number of nitrogens with one attached hydrogen (secondary N) is 1. The highest BCUT2D eigenvalue weighted by atomic mass is 16.3. The van der Waals surface area contributed by atoms with Crippen LogP contribution in [0.15, 0.2) is 55.0 Å². The van der Waals surface area contributed by atoms with Crippen LogP contribution in [0, 0.1) is 6.92 Å². The van der Waals surface area contributed by atoms with Gasteiger partial charge in [-0.25, -0.2) is 4.98 Å². The van der Waals surface area contributed by atoms with Crippen LogP contribution >= 0.6 is 0 Å². The first-order chi connectivity index (χ1) is 11.2. The van der Waals surface area contributed by atoms with E-state index in [0.29, 0.717) is 0 Å². The maximum Gasteiger partial charge on any atom is 0.134 e. The molecule has 0 fully saturated rings. The molecule has 0 amide bonds. The quantitative estimate of drug-likeness (QED) is 0.592. The summed E-state index contributed by atoms with van der Waals surface area (Å²) in [5.41, 5.74) is 5.29. The van der Waals surface area contributed by atoms with E-state index in [0.717, 1.165) is 39.2 Å². The van der Waals surface area contributed by atoms with E-state index in [2.05, 4.69) is 19.9 Å². The number of H-pyrrole nitrogens is 1. The SMILES string of the molecule is Cc1cccc(-c2[nH]cnc2-c2ccc3ncc(O)cc3c2)n1. The summed E-state index contributed by atoms with van der Waals surface area (Å²) in [6.07, 6.45) is 3.11. The van der Waals surface area contributed by atoms with Gasteiger partial charge in [0.25, 0.3) is 0 Å². The van der Waals surface area contributed by atoms with Gasteiger partial charge in [0, 0.05) is 16.6 Å². The number of hydrogen-bond acceptors (Lipinski definition) is 4. The molecule has 0 bridgehead atoms. The Morgan fingerprint density at radius 3 is 2.83 bits per heavy atom. The predicted octanol–water partition coefficient (Wildman–Crippen LogP) is 3.70. The zero-order chi connectivity index (χ0) is 15.8. The number of pyridine rings is 2. The molecule has 1 aromatic carbocycles. The van der Waals surface area contributed by atoms with Gasteiger partial charge in [0.05, 0.1) is 35.1 Å². The topological polar surface area (TPSA) is 74.7 Å². The van der Waals surface area contributed by atoms with E-state index in [1.54, 1.807) is 12.4 Å². The van der Waals surface area contributed by atoms with Gasteiger partial charge >= 0.3 is 0 Å². The molecule has 2 N–H and O–H groups in total. The Morgan fingerprint density at radius 1 is 1.04 bits per heavy atom. The molecule has 0 radical (unpaired) electrons. The van der Waals surface area contributed by atoms with Crippen LogP contribution in [0.2, 0.25) is 0 Å². The Balaban J connectivity index is 1.87. The minimum absolute atomic E-state index is 0.150. The zero-order valence-corrected chi connectivity index (χ0v) is 12.5. The first kappa shape index (κ1) is 13.5. The molecule has 112 valence electrons. The normalized spacial score (nSPS) is 11.0. The summed E-state index contributed by atoms with van der Waals surface area (Å²) >= 11 is 0. The Labute approximate surface area is 132 Å². The lowest BCUT2D eigenvalue weighted by atomic mass is 10.1. The van der Waals surface area contributed by atoms with Crippen LogP contribution in [0.4, 0.5) is 0 Å². The van der Waals surface area contributed by atoms with Crippen LogP contribution in [0.3, 0.4) is 0 Å². The summed E-state index contributed by atoms with van der Waals surface area (Å²) in [6, 6.07) is 13.5. The number of nitrogens with zero attached hydrogens (tertiary/aromatic N) is 3. The molecular weight excluding hydrogens is 288 g/mol. The van der Waals surface area contributed by atoms with E-state index in [4.69, 9.17) is 0 Å². The van der Waals surface area contributed by atoms with Crippen molar-refractivity contribution in [3.05, 3.63) is 60.7 Å². The molecule has 5 nitrogen and oxygen atoms in total. The van der Waals surface area contributed by atoms with Crippen LogP contribution < -0.4 is 0 Å². The summed E-state index contributed by atoms with van der Waals surface area (Å²) in [6.45, 7) is 1.96. The average Bonchev–Trinajstić information content (AvgIpc) is 3.03. The van der Waals surface area contributed by atoms with Gasteiger partial charge in [-0.2, -0.15) is 0 Å².